The van der Waals surface area contributed by atoms with Crippen molar-refractivity contribution in [3.8, 4) is 11.5 Å². The smallest absolute Gasteiger partial charge is 0.134 e. The Bertz CT molecular complexity index is 1360. The maximum atomic E-state index is 6.37. The van der Waals surface area contributed by atoms with Crippen molar-refractivity contribution < 1.29 is 13.9 Å². The second-order valence-electron chi connectivity index (χ2n) is 16.2. The van der Waals surface area contributed by atoms with Crippen LogP contribution < -0.4 is 20.1 Å². The van der Waals surface area contributed by atoms with Crippen molar-refractivity contribution in [2.75, 3.05) is 0 Å². The van der Waals surface area contributed by atoms with Gasteiger partial charge in [-0.05, 0) is 114 Å². The minimum Gasteiger partial charge on any atom is -0.490 e. The molecule has 42 heavy (non-hydrogen) atoms. The van der Waals surface area contributed by atoms with Crippen LogP contribution in [0.25, 0.3) is 11.0 Å². The van der Waals surface area contributed by atoms with Gasteiger partial charge in [-0.25, -0.2) is 0 Å². The molecule has 0 amide bonds. The molecule has 2 aromatic carbocycles. The fourth-order valence-electron chi connectivity index (χ4n) is 6.19. The molecule has 0 atom stereocenters. The number of ether oxygens (including phenoxy) is 2. The molecule has 3 aromatic rings. The molecule has 0 unspecified atom stereocenters. The molecule has 1 heterocycles. The van der Waals surface area contributed by atoms with Gasteiger partial charge in [-0.2, -0.15) is 0 Å². The van der Waals surface area contributed by atoms with Crippen molar-refractivity contribution >= 4 is 11.0 Å². The Balaban J connectivity index is 1.10. The van der Waals surface area contributed by atoms with Gasteiger partial charge in [-0.15, -0.1) is 0 Å². The van der Waals surface area contributed by atoms with Crippen molar-refractivity contribution in [1.29, 1.82) is 0 Å². The summed E-state index contributed by atoms with van der Waals surface area (Å²) in [5.41, 5.74) is 2.41. The predicted molar refractivity (Wildman–Crippen MR) is 174 cm³/mol. The van der Waals surface area contributed by atoms with Gasteiger partial charge in [0.15, 0.2) is 0 Å². The Hall–Kier alpha value is -2.50. The highest BCUT2D eigenvalue weighted by Crippen LogP contribution is 2.39. The Labute approximate surface area is 254 Å². The summed E-state index contributed by atoms with van der Waals surface area (Å²) in [6, 6.07) is 18.1. The Morgan fingerprint density at radius 3 is 1.90 bits per heavy atom. The molecule has 2 N–H and O–H groups in total. The zero-order valence-electron chi connectivity index (χ0n) is 27.7. The number of fused-ring (bicyclic) bond motifs is 1. The highest BCUT2D eigenvalue weighted by molar-refractivity contribution is 5.79. The molecule has 2 saturated carbocycles. The lowest BCUT2D eigenvalue weighted by molar-refractivity contribution is 0.0449. The van der Waals surface area contributed by atoms with Gasteiger partial charge < -0.3 is 24.5 Å². The number of benzene rings is 2. The first-order valence-electron chi connectivity index (χ1n) is 16.0. The predicted octanol–water partition coefficient (Wildman–Crippen LogP) is 8.58. The van der Waals surface area contributed by atoms with E-state index in [4.69, 9.17) is 13.9 Å². The van der Waals surface area contributed by atoms with Crippen LogP contribution in [-0.2, 0) is 11.8 Å². The largest absolute Gasteiger partial charge is 0.490 e. The Kier molecular flexibility index (Phi) is 8.26. The van der Waals surface area contributed by atoms with Crippen LogP contribution in [0.4, 0.5) is 0 Å². The molecule has 5 rings (SSSR count). The minimum absolute atomic E-state index is 0.00602. The van der Waals surface area contributed by atoms with Gasteiger partial charge in [0.25, 0.3) is 0 Å². The molecule has 0 bridgehead atoms. The van der Waals surface area contributed by atoms with Gasteiger partial charge >= 0.3 is 0 Å². The van der Waals surface area contributed by atoms with Crippen LogP contribution in [0.5, 0.6) is 11.5 Å². The van der Waals surface area contributed by atoms with E-state index < -0.39 is 0 Å². The quantitative estimate of drug-likeness (QED) is 0.254. The van der Waals surface area contributed by atoms with Crippen molar-refractivity contribution in [3.63, 3.8) is 0 Å². The molecule has 230 valence electrons. The van der Waals surface area contributed by atoms with Gasteiger partial charge in [0.1, 0.15) is 35.1 Å². The van der Waals surface area contributed by atoms with E-state index in [9.17, 15) is 0 Å². The average molecular weight is 575 g/mol. The first kappa shape index (κ1) is 30.9. The van der Waals surface area contributed by atoms with Gasteiger partial charge in [0.05, 0.1) is 0 Å². The maximum absolute atomic E-state index is 6.37. The van der Waals surface area contributed by atoms with E-state index in [-0.39, 0.29) is 28.0 Å². The summed E-state index contributed by atoms with van der Waals surface area (Å²) >= 11 is 0. The number of furan rings is 1. The van der Waals surface area contributed by atoms with Crippen molar-refractivity contribution in [1.82, 2.24) is 10.6 Å². The number of hydrogen-bond donors (Lipinski definition) is 2. The summed E-state index contributed by atoms with van der Waals surface area (Å²) in [4.78, 5) is 0. The standard InChI is InChI=1S/C37H54N2O3/c1-34(2,3)33-18-25-17-29(14-15-32(25)42-33)41-31-21-27(22-31)39-37(9,10)36(7,8)23-24-12-11-13-28(16-24)40-30-19-26(20-30)38-35(4,5)6/h11-18,26-27,30-31,38-39H,19-23H2,1-10H3/t26-,27-,30+,31-. The van der Waals surface area contributed by atoms with Crippen molar-refractivity contribution in [2.24, 2.45) is 5.41 Å². The molecule has 1 aromatic heterocycles. The summed E-state index contributed by atoms with van der Waals surface area (Å²) in [6.45, 7) is 22.7. The van der Waals surface area contributed by atoms with Crippen LogP contribution in [0.3, 0.4) is 0 Å². The monoisotopic (exact) mass is 574 g/mol. The number of hydrogen-bond acceptors (Lipinski definition) is 5. The Morgan fingerprint density at radius 1 is 0.714 bits per heavy atom. The highest BCUT2D eigenvalue weighted by atomic mass is 16.5. The molecule has 2 aliphatic carbocycles. The lowest BCUT2D eigenvalue weighted by Gasteiger charge is -2.48. The lowest BCUT2D eigenvalue weighted by Crippen LogP contribution is -2.60. The van der Waals surface area contributed by atoms with Crippen LogP contribution >= 0.6 is 0 Å². The summed E-state index contributed by atoms with van der Waals surface area (Å²) in [6.07, 6.45) is 5.72. The second kappa shape index (κ2) is 11.2. The van der Waals surface area contributed by atoms with Crippen LogP contribution in [-0.4, -0.2) is 35.4 Å². The summed E-state index contributed by atoms with van der Waals surface area (Å²) in [5, 5.41) is 8.77. The second-order valence-corrected chi connectivity index (χ2v) is 16.2. The van der Waals surface area contributed by atoms with E-state index in [0.29, 0.717) is 18.2 Å². The van der Waals surface area contributed by atoms with Gasteiger partial charge in [-0.3, -0.25) is 0 Å². The summed E-state index contributed by atoms with van der Waals surface area (Å²) in [5.74, 6) is 2.93. The minimum atomic E-state index is -0.0433. The molecular weight excluding hydrogens is 520 g/mol. The van der Waals surface area contributed by atoms with Gasteiger partial charge in [0.2, 0.25) is 0 Å². The maximum Gasteiger partial charge on any atom is 0.134 e. The molecule has 0 spiro atoms. The molecule has 5 heteroatoms. The highest BCUT2D eigenvalue weighted by Gasteiger charge is 2.42. The summed E-state index contributed by atoms with van der Waals surface area (Å²) < 4.78 is 18.8. The number of rotatable bonds is 10. The van der Waals surface area contributed by atoms with E-state index in [1.165, 1.54) is 5.56 Å². The van der Waals surface area contributed by atoms with Crippen molar-refractivity contribution in [3.05, 3.63) is 59.9 Å². The molecule has 2 fully saturated rings. The molecule has 5 nitrogen and oxygen atoms in total. The van der Waals surface area contributed by atoms with Gasteiger partial charge in [-0.1, -0.05) is 46.8 Å². The molecular formula is C37H54N2O3. The Morgan fingerprint density at radius 2 is 1.31 bits per heavy atom. The van der Waals surface area contributed by atoms with Crippen LogP contribution in [0.2, 0.25) is 0 Å². The van der Waals surface area contributed by atoms with Crippen LogP contribution in [0.1, 0.15) is 106 Å². The zero-order chi connectivity index (χ0) is 30.5. The molecule has 0 aliphatic heterocycles. The van der Waals surface area contributed by atoms with Gasteiger partial charge in [0, 0.05) is 34.0 Å². The van der Waals surface area contributed by atoms with Crippen molar-refractivity contribution in [2.45, 2.75) is 142 Å². The normalized spacial score (nSPS) is 23.4. The number of nitrogens with one attached hydrogen (secondary N) is 2. The third-order valence-corrected chi connectivity index (χ3v) is 9.46. The van der Waals surface area contributed by atoms with E-state index in [2.05, 4.69) is 116 Å². The van der Waals surface area contributed by atoms with E-state index in [0.717, 1.165) is 60.3 Å². The molecule has 2 aliphatic rings. The van der Waals surface area contributed by atoms with E-state index in [1.54, 1.807) is 0 Å². The van der Waals surface area contributed by atoms with Crippen LogP contribution in [0.15, 0.2) is 52.9 Å². The third kappa shape index (κ3) is 7.34. The zero-order valence-corrected chi connectivity index (χ0v) is 27.7. The first-order chi connectivity index (χ1) is 19.5. The van der Waals surface area contributed by atoms with E-state index in [1.807, 2.05) is 12.1 Å². The van der Waals surface area contributed by atoms with Crippen LogP contribution in [0, 0.1) is 5.41 Å². The third-order valence-electron chi connectivity index (χ3n) is 9.46. The fourth-order valence-corrected chi connectivity index (χ4v) is 6.19. The SMILES string of the molecule is CC(C)(C)N[C@H]1C[C@@H](Oc2cccc(CC(C)(C)C(C)(C)N[C@H]3C[C@H](Oc4ccc5oc(C(C)(C)C)cc5c4)C3)c2)C1. The first-order valence-corrected chi connectivity index (χ1v) is 16.0. The lowest BCUT2D eigenvalue weighted by atomic mass is 9.69. The molecule has 0 radical (unpaired) electrons. The topological polar surface area (TPSA) is 55.7 Å². The summed E-state index contributed by atoms with van der Waals surface area (Å²) in [7, 11) is 0. The fraction of sp³-hybridized carbons (Fsp3) is 0.622. The average Bonchev–Trinajstić information content (AvgIpc) is 3.24. The molecule has 0 saturated heterocycles. The van der Waals surface area contributed by atoms with E-state index >= 15 is 0 Å².